The second-order valence-electron chi connectivity index (χ2n) is 6.48. The summed E-state index contributed by atoms with van der Waals surface area (Å²) in [6, 6.07) is 8.29. The molecule has 0 bridgehead atoms. The molecule has 0 saturated heterocycles. The highest BCUT2D eigenvalue weighted by atomic mass is 16.5. The summed E-state index contributed by atoms with van der Waals surface area (Å²) in [5.41, 5.74) is 1.27. The third kappa shape index (κ3) is 10.4. The first-order valence-corrected chi connectivity index (χ1v) is 9.15. The van der Waals surface area contributed by atoms with Crippen LogP contribution in [0.2, 0.25) is 0 Å². The zero-order valence-corrected chi connectivity index (χ0v) is 15.5. The second kappa shape index (κ2) is 12.4. The van der Waals surface area contributed by atoms with E-state index in [0.29, 0.717) is 6.10 Å². The molecule has 0 radical (unpaired) electrons. The van der Waals surface area contributed by atoms with Crippen LogP contribution in [0, 0.1) is 6.92 Å². The van der Waals surface area contributed by atoms with Crippen molar-refractivity contribution >= 4 is 0 Å². The molecule has 0 N–H and O–H groups in total. The lowest BCUT2D eigenvalue weighted by Crippen LogP contribution is -2.30. The van der Waals surface area contributed by atoms with Crippen LogP contribution >= 0.6 is 0 Å². The molecule has 0 fully saturated rings. The van der Waals surface area contributed by atoms with Gasteiger partial charge >= 0.3 is 0 Å². The Hall–Kier alpha value is -1.06. The molecule has 1 aromatic rings. The van der Waals surface area contributed by atoms with Crippen LogP contribution in [0.5, 0.6) is 5.75 Å². The number of benzene rings is 1. The van der Waals surface area contributed by atoms with Crippen LogP contribution < -0.4 is 4.74 Å². The summed E-state index contributed by atoms with van der Waals surface area (Å²) in [7, 11) is 0. The van der Waals surface area contributed by atoms with Gasteiger partial charge in [-0.15, -0.1) is 0 Å². The molecule has 1 rings (SSSR count). The number of nitrogens with zero attached hydrogens (tertiary/aromatic N) is 1. The summed E-state index contributed by atoms with van der Waals surface area (Å²) in [6.45, 7) is 13.5. The van der Waals surface area contributed by atoms with Crippen molar-refractivity contribution < 1.29 is 9.47 Å². The van der Waals surface area contributed by atoms with Crippen molar-refractivity contribution in [2.45, 2.75) is 59.5 Å². The minimum Gasteiger partial charge on any atom is -0.492 e. The first-order chi connectivity index (χ1) is 11.1. The Morgan fingerprint density at radius 1 is 0.913 bits per heavy atom. The molecule has 0 aliphatic rings. The highest BCUT2D eigenvalue weighted by molar-refractivity contribution is 5.26. The van der Waals surface area contributed by atoms with Crippen molar-refractivity contribution in [2.24, 2.45) is 0 Å². The van der Waals surface area contributed by atoms with Gasteiger partial charge in [-0.3, -0.25) is 4.90 Å². The fraction of sp³-hybridized carbons (Fsp3) is 0.700. The van der Waals surface area contributed by atoms with Gasteiger partial charge in [0.1, 0.15) is 12.4 Å². The molecule has 3 nitrogen and oxygen atoms in total. The summed E-state index contributed by atoms with van der Waals surface area (Å²) in [5.74, 6) is 0.970. The minimum absolute atomic E-state index is 0.352. The van der Waals surface area contributed by atoms with Gasteiger partial charge < -0.3 is 9.47 Å². The lowest BCUT2D eigenvalue weighted by atomic mass is 10.2. The van der Waals surface area contributed by atoms with Crippen LogP contribution in [-0.4, -0.2) is 43.9 Å². The van der Waals surface area contributed by atoms with Crippen LogP contribution in [0.25, 0.3) is 0 Å². The van der Waals surface area contributed by atoms with E-state index in [1.807, 2.05) is 12.1 Å². The lowest BCUT2D eigenvalue weighted by molar-refractivity contribution is 0.0751. The maximum Gasteiger partial charge on any atom is 0.119 e. The molecule has 3 heteroatoms. The molecule has 0 amide bonds. The Balaban J connectivity index is 2.14. The summed E-state index contributed by atoms with van der Waals surface area (Å²) in [4.78, 5) is 2.51. The molecule has 0 atom stereocenters. The maximum atomic E-state index is 5.85. The number of hydrogen-bond donors (Lipinski definition) is 0. The van der Waals surface area contributed by atoms with Crippen LogP contribution in [0.4, 0.5) is 0 Å². The van der Waals surface area contributed by atoms with Crippen LogP contribution in [0.3, 0.4) is 0 Å². The van der Waals surface area contributed by atoms with E-state index in [9.17, 15) is 0 Å². The quantitative estimate of drug-likeness (QED) is 0.492. The minimum atomic E-state index is 0.352. The Bertz CT molecular complexity index is 389. The molecule has 0 aliphatic heterocycles. The van der Waals surface area contributed by atoms with E-state index in [0.717, 1.165) is 45.0 Å². The van der Waals surface area contributed by atoms with Crippen molar-refractivity contribution in [3.8, 4) is 5.75 Å². The number of hydrogen-bond acceptors (Lipinski definition) is 3. The van der Waals surface area contributed by atoms with Crippen LogP contribution in [0.15, 0.2) is 24.3 Å². The average molecular weight is 322 g/mol. The Morgan fingerprint density at radius 3 is 2.30 bits per heavy atom. The fourth-order valence-electron chi connectivity index (χ4n) is 2.51. The third-order valence-corrected chi connectivity index (χ3v) is 3.81. The van der Waals surface area contributed by atoms with Gasteiger partial charge in [0.15, 0.2) is 0 Å². The Labute approximate surface area is 143 Å². The van der Waals surface area contributed by atoms with Gasteiger partial charge in [-0.2, -0.15) is 0 Å². The number of unbranched alkanes of at least 4 members (excludes halogenated alkanes) is 2. The zero-order chi connectivity index (χ0) is 16.9. The standard InChI is InChI=1S/C20H35NO2/c1-5-13-21(14-7-6-8-16-22-18(2)3)15-17-23-20-11-9-19(4)10-12-20/h9-12,18H,5-8,13-17H2,1-4H3. The number of ether oxygens (including phenoxy) is 2. The molecule has 0 aliphatic carbocycles. The van der Waals surface area contributed by atoms with Crippen molar-refractivity contribution in [3.63, 3.8) is 0 Å². The Kier molecular flexibility index (Phi) is 10.8. The van der Waals surface area contributed by atoms with Crippen LogP contribution in [0.1, 0.15) is 52.0 Å². The molecular formula is C20H35NO2. The first kappa shape index (κ1) is 20.0. The fourth-order valence-corrected chi connectivity index (χ4v) is 2.51. The molecule has 0 saturated carbocycles. The summed E-state index contributed by atoms with van der Waals surface area (Å²) in [6.07, 6.45) is 5.20. The van der Waals surface area contributed by atoms with E-state index < -0.39 is 0 Å². The lowest BCUT2D eigenvalue weighted by Gasteiger charge is -2.21. The van der Waals surface area contributed by atoms with Crippen molar-refractivity contribution in [1.82, 2.24) is 4.90 Å². The molecule has 132 valence electrons. The first-order valence-electron chi connectivity index (χ1n) is 9.15. The number of aryl methyl sites for hydroxylation is 1. The highest BCUT2D eigenvalue weighted by Gasteiger charge is 2.04. The predicted molar refractivity (Wildman–Crippen MR) is 98.3 cm³/mol. The SMILES string of the molecule is CCCN(CCCCCOC(C)C)CCOc1ccc(C)cc1. The molecule has 0 unspecified atom stereocenters. The molecule has 0 heterocycles. The molecule has 23 heavy (non-hydrogen) atoms. The smallest absolute Gasteiger partial charge is 0.119 e. The van der Waals surface area contributed by atoms with E-state index in [4.69, 9.17) is 9.47 Å². The molecule has 0 spiro atoms. The summed E-state index contributed by atoms with van der Waals surface area (Å²) < 4.78 is 11.4. The molecular weight excluding hydrogens is 286 g/mol. The van der Waals surface area contributed by atoms with Crippen LogP contribution in [-0.2, 0) is 4.74 Å². The normalized spacial score (nSPS) is 11.4. The van der Waals surface area contributed by atoms with E-state index in [1.165, 1.54) is 24.8 Å². The van der Waals surface area contributed by atoms with Gasteiger partial charge in [-0.25, -0.2) is 0 Å². The van der Waals surface area contributed by atoms with Gasteiger partial charge in [-0.05, 0) is 71.7 Å². The summed E-state index contributed by atoms with van der Waals surface area (Å²) in [5, 5.41) is 0. The maximum absolute atomic E-state index is 5.85. The highest BCUT2D eigenvalue weighted by Crippen LogP contribution is 2.11. The largest absolute Gasteiger partial charge is 0.492 e. The summed E-state index contributed by atoms with van der Waals surface area (Å²) >= 11 is 0. The van der Waals surface area contributed by atoms with Gasteiger partial charge in [0.25, 0.3) is 0 Å². The van der Waals surface area contributed by atoms with Crippen molar-refractivity contribution in [2.75, 3.05) is 32.8 Å². The monoisotopic (exact) mass is 321 g/mol. The van der Waals surface area contributed by atoms with E-state index in [-0.39, 0.29) is 0 Å². The predicted octanol–water partition coefficient (Wildman–Crippen LogP) is 4.68. The number of rotatable bonds is 13. The van der Waals surface area contributed by atoms with Gasteiger partial charge in [0.2, 0.25) is 0 Å². The van der Waals surface area contributed by atoms with E-state index >= 15 is 0 Å². The molecule has 1 aromatic carbocycles. The van der Waals surface area contributed by atoms with E-state index in [2.05, 4.69) is 44.7 Å². The van der Waals surface area contributed by atoms with E-state index in [1.54, 1.807) is 0 Å². The van der Waals surface area contributed by atoms with Crippen molar-refractivity contribution in [3.05, 3.63) is 29.8 Å². The third-order valence-electron chi connectivity index (χ3n) is 3.81. The van der Waals surface area contributed by atoms with Gasteiger partial charge in [0.05, 0.1) is 6.10 Å². The van der Waals surface area contributed by atoms with Gasteiger partial charge in [-0.1, -0.05) is 24.6 Å². The topological polar surface area (TPSA) is 21.7 Å². The average Bonchev–Trinajstić information content (AvgIpc) is 2.52. The second-order valence-corrected chi connectivity index (χ2v) is 6.48. The Morgan fingerprint density at radius 2 is 1.65 bits per heavy atom. The van der Waals surface area contributed by atoms with Gasteiger partial charge in [0, 0.05) is 13.2 Å². The molecule has 0 aromatic heterocycles. The zero-order valence-electron chi connectivity index (χ0n) is 15.5. The van der Waals surface area contributed by atoms with Crippen molar-refractivity contribution in [1.29, 1.82) is 0 Å².